The van der Waals surface area contributed by atoms with Crippen LogP contribution in [0.1, 0.15) is 174 Å². The van der Waals surface area contributed by atoms with E-state index in [4.69, 9.17) is 19.3 Å². The quantitative estimate of drug-likeness (QED) is 0.0392. The van der Waals surface area contributed by atoms with E-state index in [1.54, 1.807) is 6.92 Å². The van der Waals surface area contributed by atoms with E-state index in [-0.39, 0.29) is 24.6 Å². The lowest BCUT2D eigenvalue weighted by molar-refractivity contribution is -0.161. The van der Waals surface area contributed by atoms with Crippen molar-refractivity contribution in [1.29, 1.82) is 0 Å². The third kappa shape index (κ3) is 35.8. The number of unbranched alkanes of at least 4 members (excludes halogenated alkanes) is 21. The highest BCUT2D eigenvalue weighted by molar-refractivity contribution is 8.13. The predicted octanol–water partition coefficient (Wildman–Crippen LogP) is 9.60. The molecule has 11 heteroatoms. The van der Waals surface area contributed by atoms with Gasteiger partial charge >= 0.3 is 19.8 Å². The van der Waals surface area contributed by atoms with E-state index >= 15 is 0 Å². The first-order valence-electron chi connectivity index (χ1n) is 17.8. The molecule has 2 N–H and O–H groups in total. The van der Waals surface area contributed by atoms with Crippen molar-refractivity contribution in [2.75, 3.05) is 19.0 Å². The predicted molar refractivity (Wildman–Crippen MR) is 183 cm³/mol. The van der Waals surface area contributed by atoms with E-state index < -0.39 is 32.5 Å². The van der Waals surface area contributed by atoms with Crippen molar-refractivity contribution in [2.24, 2.45) is 0 Å². The highest BCUT2D eigenvalue weighted by atomic mass is 32.2. The molecule has 0 saturated heterocycles. The first-order valence-corrected chi connectivity index (χ1v) is 20.3. The van der Waals surface area contributed by atoms with Gasteiger partial charge in [-0.15, -0.1) is 0 Å². The van der Waals surface area contributed by atoms with Crippen molar-refractivity contribution < 1.29 is 42.7 Å². The Labute approximate surface area is 278 Å². The summed E-state index contributed by atoms with van der Waals surface area (Å²) in [6, 6.07) is 0. The van der Waals surface area contributed by atoms with Crippen molar-refractivity contribution in [2.45, 2.75) is 180 Å². The average Bonchev–Trinajstić information content (AvgIpc) is 2.98. The molecular formula is C34H65O9PS. The molecule has 0 aromatic carbocycles. The van der Waals surface area contributed by atoms with E-state index in [9.17, 15) is 18.9 Å². The molecule has 0 heterocycles. The number of hydrogen-bond acceptors (Lipinski definition) is 8. The Morgan fingerprint density at radius 2 is 1.00 bits per heavy atom. The number of ether oxygens (including phenoxy) is 2. The summed E-state index contributed by atoms with van der Waals surface area (Å²) in [4.78, 5) is 53.5. The van der Waals surface area contributed by atoms with Crippen LogP contribution in [0.25, 0.3) is 0 Å². The van der Waals surface area contributed by atoms with Crippen molar-refractivity contribution >= 4 is 36.6 Å². The monoisotopic (exact) mass is 680 g/mol. The van der Waals surface area contributed by atoms with Gasteiger partial charge in [-0.1, -0.05) is 147 Å². The molecule has 0 rings (SSSR count). The van der Waals surface area contributed by atoms with Crippen molar-refractivity contribution in [3.63, 3.8) is 0 Å². The van der Waals surface area contributed by atoms with E-state index in [1.807, 2.05) is 0 Å². The molecule has 0 unspecified atom stereocenters. The molecule has 0 fully saturated rings. The second kappa shape index (κ2) is 31.7. The molecule has 0 aromatic heterocycles. The summed E-state index contributed by atoms with van der Waals surface area (Å²) in [5.74, 6) is 0.0377. The standard InChI is InChI=1S/C34H65O9PS/c1-3-4-5-6-7-8-11-15-18-21-24-27-34(37)43-32(30-42-44(38,39)40)29-41-33(36)26-23-20-17-14-12-9-10-13-16-19-22-25-28-45-31(2)35/h32H,3-30H2,1-2H3,(H2,38,39,40)/t32-/m1/s1. The Kier molecular flexibility index (Phi) is 31.0. The minimum atomic E-state index is -4.75. The number of carbonyl (C=O) groups is 3. The fourth-order valence-corrected chi connectivity index (χ4v) is 6.08. The SMILES string of the molecule is CCCCCCCCCCCCCC(=O)O[C@H](COC(=O)CCCCCCCCCCCCCCSC(C)=O)COP(=O)(O)O. The van der Waals surface area contributed by atoms with Crippen molar-refractivity contribution in [1.82, 2.24) is 0 Å². The summed E-state index contributed by atoms with van der Waals surface area (Å²) >= 11 is 1.42. The minimum Gasteiger partial charge on any atom is -0.462 e. The number of carbonyl (C=O) groups excluding carboxylic acids is 3. The van der Waals surface area contributed by atoms with Crippen molar-refractivity contribution in [3.8, 4) is 0 Å². The first kappa shape index (κ1) is 44.1. The van der Waals surface area contributed by atoms with E-state index in [2.05, 4.69) is 11.4 Å². The summed E-state index contributed by atoms with van der Waals surface area (Å²) in [7, 11) is -4.75. The zero-order valence-corrected chi connectivity index (χ0v) is 30.2. The molecule has 0 saturated carbocycles. The zero-order valence-electron chi connectivity index (χ0n) is 28.5. The fraction of sp³-hybridized carbons (Fsp3) is 0.912. The van der Waals surface area contributed by atoms with E-state index in [0.29, 0.717) is 12.8 Å². The number of hydrogen-bond donors (Lipinski definition) is 2. The van der Waals surface area contributed by atoms with Crippen LogP contribution in [0.4, 0.5) is 0 Å². The highest BCUT2D eigenvalue weighted by Crippen LogP contribution is 2.36. The maximum Gasteiger partial charge on any atom is 0.469 e. The van der Waals surface area contributed by atoms with Gasteiger partial charge in [-0.05, 0) is 19.3 Å². The number of esters is 2. The van der Waals surface area contributed by atoms with Gasteiger partial charge in [0.15, 0.2) is 11.2 Å². The van der Waals surface area contributed by atoms with Gasteiger partial charge in [0.25, 0.3) is 0 Å². The van der Waals surface area contributed by atoms with Gasteiger partial charge in [-0.2, -0.15) is 0 Å². The lowest BCUT2D eigenvalue weighted by Gasteiger charge is -2.18. The van der Waals surface area contributed by atoms with Crippen LogP contribution in [0.15, 0.2) is 0 Å². The van der Waals surface area contributed by atoms with Gasteiger partial charge in [-0.3, -0.25) is 18.9 Å². The maximum atomic E-state index is 12.3. The van der Waals surface area contributed by atoms with Crippen LogP contribution in [-0.2, 0) is 32.9 Å². The third-order valence-electron chi connectivity index (χ3n) is 7.72. The molecule has 1 atom stereocenters. The second-order valence-corrected chi connectivity index (χ2v) is 14.7. The van der Waals surface area contributed by atoms with Gasteiger partial charge < -0.3 is 19.3 Å². The van der Waals surface area contributed by atoms with Gasteiger partial charge in [-0.25, -0.2) is 4.57 Å². The van der Waals surface area contributed by atoms with Gasteiger partial charge in [0.1, 0.15) is 6.61 Å². The molecule has 0 radical (unpaired) electrons. The van der Waals surface area contributed by atoms with Crippen LogP contribution in [0.3, 0.4) is 0 Å². The topological polar surface area (TPSA) is 136 Å². The molecule has 0 aliphatic rings. The highest BCUT2D eigenvalue weighted by Gasteiger charge is 2.22. The lowest BCUT2D eigenvalue weighted by Crippen LogP contribution is -2.29. The van der Waals surface area contributed by atoms with Gasteiger partial charge in [0, 0.05) is 25.5 Å². The molecule has 0 bridgehead atoms. The van der Waals surface area contributed by atoms with Crippen LogP contribution < -0.4 is 0 Å². The lowest BCUT2D eigenvalue weighted by atomic mass is 10.0. The summed E-state index contributed by atoms with van der Waals surface area (Å²) in [6.07, 6.45) is 25.9. The van der Waals surface area contributed by atoms with Crippen LogP contribution in [0, 0.1) is 0 Å². The Morgan fingerprint density at radius 1 is 0.600 bits per heavy atom. The van der Waals surface area contributed by atoms with Crippen LogP contribution in [-0.4, -0.2) is 51.9 Å². The Hall–Kier alpha value is -0.930. The average molecular weight is 681 g/mol. The molecule has 0 amide bonds. The van der Waals surface area contributed by atoms with Crippen LogP contribution >= 0.6 is 19.6 Å². The summed E-state index contributed by atoms with van der Waals surface area (Å²) in [6.45, 7) is 3.01. The van der Waals surface area contributed by atoms with Crippen LogP contribution in [0.2, 0.25) is 0 Å². The number of thioether (sulfide) groups is 1. The smallest absolute Gasteiger partial charge is 0.462 e. The van der Waals surface area contributed by atoms with Crippen molar-refractivity contribution in [3.05, 3.63) is 0 Å². The minimum absolute atomic E-state index is 0.205. The number of phosphoric ester groups is 1. The molecule has 45 heavy (non-hydrogen) atoms. The Balaban J connectivity index is 3.91. The largest absolute Gasteiger partial charge is 0.469 e. The molecule has 0 aromatic rings. The van der Waals surface area contributed by atoms with Crippen LogP contribution in [0.5, 0.6) is 0 Å². The van der Waals surface area contributed by atoms with E-state index in [0.717, 1.165) is 50.7 Å². The Bertz CT molecular complexity index is 775. The fourth-order valence-electron chi connectivity index (χ4n) is 5.09. The van der Waals surface area contributed by atoms with Gasteiger partial charge in [0.05, 0.1) is 6.61 Å². The first-order chi connectivity index (χ1) is 21.6. The molecule has 0 aliphatic heterocycles. The van der Waals surface area contributed by atoms with E-state index in [1.165, 1.54) is 102 Å². The Morgan fingerprint density at radius 3 is 1.42 bits per heavy atom. The number of phosphoric acid groups is 1. The second-order valence-electron chi connectivity index (χ2n) is 12.2. The molecule has 266 valence electrons. The summed E-state index contributed by atoms with van der Waals surface area (Å²) in [5, 5.41) is 0.205. The zero-order chi connectivity index (χ0) is 33.4. The summed E-state index contributed by atoms with van der Waals surface area (Å²) < 4.78 is 26.2. The summed E-state index contributed by atoms with van der Waals surface area (Å²) in [5.41, 5.74) is 0. The number of rotatable bonds is 33. The van der Waals surface area contributed by atoms with Gasteiger partial charge in [0.2, 0.25) is 0 Å². The third-order valence-corrected chi connectivity index (χ3v) is 9.11. The maximum absolute atomic E-state index is 12.3. The normalized spacial score (nSPS) is 12.3. The molecule has 9 nitrogen and oxygen atoms in total. The molecule has 0 spiro atoms. The molecular weight excluding hydrogens is 615 g/mol. The molecule has 0 aliphatic carbocycles.